The normalized spacial score (nSPS) is 23.2. The summed E-state index contributed by atoms with van der Waals surface area (Å²) in [6.07, 6.45) is 2.16. The van der Waals surface area contributed by atoms with Gasteiger partial charge in [-0.15, -0.1) is 0 Å². The lowest BCUT2D eigenvalue weighted by atomic mass is 10.1. The van der Waals surface area contributed by atoms with Gasteiger partial charge in [0.25, 0.3) is 0 Å². The van der Waals surface area contributed by atoms with E-state index in [1.165, 1.54) is 17.7 Å². The Kier molecular flexibility index (Phi) is 4.93. The SMILES string of the molecule is CC(C)=C[C@@H]1[C@@H](C(=O)N[C@H](C)c2ccc(S(N)(=O)=O)cc2)C1(C)C. The van der Waals surface area contributed by atoms with E-state index in [-0.39, 0.29) is 34.1 Å². The van der Waals surface area contributed by atoms with E-state index in [1.54, 1.807) is 12.1 Å². The second kappa shape index (κ2) is 6.33. The number of amides is 1. The molecule has 3 N–H and O–H groups in total. The lowest BCUT2D eigenvalue weighted by Gasteiger charge is -2.15. The zero-order chi connectivity index (χ0) is 18.3. The van der Waals surface area contributed by atoms with Gasteiger partial charge in [-0.2, -0.15) is 0 Å². The predicted octanol–water partition coefficient (Wildman–Crippen LogP) is 2.75. The largest absolute Gasteiger partial charge is 0.349 e. The lowest BCUT2D eigenvalue weighted by molar-refractivity contribution is -0.123. The molecule has 1 fully saturated rings. The maximum absolute atomic E-state index is 12.6. The second-order valence-corrected chi connectivity index (χ2v) is 8.97. The minimum atomic E-state index is -3.70. The van der Waals surface area contributed by atoms with Crippen LogP contribution in [0.25, 0.3) is 0 Å². The molecule has 1 aliphatic rings. The second-order valence-electron chi connectivity index (χ2n) is 7.41. The highest BCUT2D eigenvalue weighted by atomic mass is 32.2. The van der Waals surface area contributed by atoms with Crippen LogP contribution in [0, 0.1) is 17.3 Å². The monoisotopic (exact) mass is 350 g/mol. The molecule has 3 atom stereocenters. The van der Waals surface area contributed by atoms with Crippen LogP contribution in [0.1, 0.15) is 46.2 Å². The molecule has 1 saturated carbocycles. The van der Waals surface area contributed by atoms with E-state index in [0.29, 0.717) is 0 Å². The van der Waals surface area contributed by atoms with Gasteiger partial charge in [0.15, 0.2) is 0 Å². The molecule has 0 heterocycles. The average Bonchev–Trinajstić information content (AvgIpc) is 2.98. The molecule has 6 heteroatoms. The van der Waals surface area contributed by atoms with E-state index >= 15 is 0 Å². The summed E-state index contributed by atoms with van der Waals surface area (Å²) < 4.78 is 22.6. The molecule has 132 valence electrons. The predicted molar refractivity (Wildman–Crippen MR) is 94.6 cm³/mol. The number of rotatable bonds is 5. The molecule has 2 rings (SSSR count). The Hall–Kier alpha value is -1.66. The summed E-state index contributed by atoms with van der Waals surface area (Å²) in [5.74, 6) is 0.267. The van der Waals surface area contributed by atoms with Crippen molar-refractivity contribution in [3.63, 3.8) is 0 Å². The maximum Gasteiger partial charge on any atom is 0.238 e. The standard InChI is InChI=1S/C18H26N2O3S/c1-11(2)10-15-16(18(15,4)5)17(21)20-12(3)13-6-8-14(9-7-13)24(19,22)23/h6-10,12,15-16H,1-5H3,(H,20,21)(H2,19,22,23)/t12-,15-,16+/m1/s1. The first-order chi connectivity index (χ1) is 10.9. The van der Waals surface area contributed by atoms with Crippen molar-refractivity contribution in [3.05, 3.63) is 41.5 Å². The van der Waals surface area contributed by atoms with Crippen LogP contribution in [0.3, 0.4) is 0 Å². The maximum atomic E-state index is 12.6. The molecule has 1 aromatic carbocycles. The lowest BCUT2D eigenvalue weighted by Crippen LogP contribution is -2.29. The Bertz CT molecular complexity index is 760. The smallest absolute Gasteiger partial charge is 0.238 e. The molecule has 0 bridgehead atoms. The van der Waals surface area contributed by atoms with Crippen molar-refractivity contribution >= 4 is 15.9 Å². The molecule has 1 aliphatic carbocycles. The number of hydrogen-bond acceptors (Lipinski definition) is 3. The summed E-state index contributed by atoms with van der Waals surface area (Å²) in [6, 6.07) is 6.07. The molecule has 0 radical (unpaired) electrons. The van der Waals surface area contributed by atoms with Crippen LogP contribution in [0.4, 0.5) is 0 Å². The first-order valence-corrected chi connectivity index (χ1v) is 9.57. The highest BCUT2D eigenvalue weighted by molar-refractivity contribution is 7.89. The summed E-state index contributed by atoms with van der Waals surface area (Å²) >= 11 is 0. The first kappa shape index (κ1) is 18.7. The van der Waals surface area contributed by atoms with Crippen LogP contribution in [0.5, 0.6) is 0 Å². The summed E-state index contributed by atoms with van der Waals surface area (Å²) in [5, 5.41) is 8.12. The first-order valence-electron chi connectivity index (χ1n) is 8.02. The van der Waals surface area contributed by atoms with E-state index in [0.717, 1.165) is 5.56 Å². The van der Waals surface area contributed by atoms with Crippen molar-refractivity contribution in [1.82, 2.24) is 5.32 Å². The van der Waals surface area contributed by atoms with E-state index in [4.69, 9.17) is 5.14 Å². The molecule has 0 spiro atoms. The molecule has 0 aliphatic heterocycles. The summed E-state index contributed by atoms with van der Waals surface area (Å²) in [7, 11) is -3.70. The van der Waals surface area contributed by atoms with Gasteiger partial charge in [-0.05, 0) is 49.8 Å². The van der Waals surface area contributed by atoms with Crippen molar-refractivity contribution in [2.75, 3.05) is 0 Å². The van der Waals surface area contributed by atoms with Gasteiger partial charge in [-0.3, -0.25) is 4.79 Å². The Balaban J connectivity index is 2.06. The van der Waals surface area contributed by atoms with E-state index in [1.807, 2.05) is 20.8 Å². The van der Waals surface area contributed by atoms with Gasteiger partial charge in [0.05, 0.1) is 16.9 Å². The van der Waals surface area contributed by atoms with Gasteiger partial charge in [0.2, 0.25) is 15.9 Å². The van der Waals surface area contributed by atoms with E-state index in [9.17, 15) is 13.2 Å². The summed E-state index contributed by atoms with van der Waals surface area (Å²) in [4.78, 5) is 12.6. The third kappa shape index (κ3) is 3.87. The number of sulfonamides is 1. The highest BCUT2D eigenvalue weighted by Gasteiger charge is 2.60. The molecule has 24 heavy (non-hydrogen) atoms. The third-order valence-corrected chi connectivity index (χ3v) is 5.70. The van der Waals surface area contributed by atoms with Crippen molar-refractivity contribution in [2.45, 2.75) is 45.6 Å². The fourth-order valence-electron chi connectivity index (χ4n) is 3.18. The van der Waals surface area contributed by atoms with Gasteiger partial charge in [0, 0.05) is 0 Å². The third-order valence-electron chi connectivity index (χ3n) is 4.77. The van der Waals surface area contributed by atoms with Crippen LogP contribution in [-0.2, 0) is 14.8 Å². The molecule has 0 aromatic heterocycles. The van der Waals surface area contributed by atoms with Crippen molar-refractivity contribution in [3.8, 4) is 0 Å². The number of primary sulfonamides is 1. The van der Waals surface area contributed by atoms with Gasteiger partial charge < -0.3 is 5.32 Å². The molecule has 0 unspecified atom stereocenters. The minimum absolute atomic E-state index is 0.0291. The summed E-state index contributed by atoms with van der Waals surface area (Å²) in [6.45, 7) is 10.2. The quantitative estimate of drug-likeness (QED) is 0.800. The number of benzene rings is 1. The average molecular weight is 350 g/mol. The van der Waals surface area contributed by atoms with Gasteiger partial charge >= 0.3 is 0 Å². The van der Waals surface area contributed by atoms with E-state index in [2.05, 4.69) is 25.2 Å². The Morgan fingerprint density at radius 2 is 1.79 bits per heavy atom. The number of nitrogens with two attached hydrogens (primary N) is 1. The van der Waals surface area contributed by atoms with Crippen LogP contribution < -0.4 is 10.5 Å². The Labute approximate surface area is 144 Å². The van der Waals surface area contributed by atoms with Crippen LogP contribution in [0.2, 0.25) is 0 Å². The van der Waals surface area contributed by atoms with Crippen molar-refractivity contribution in [2.24, 2.45) is 22.4 Å². The van der Waals surface area contributed by atoms with Gasteiger partial charge in [-0.25, -0.2) is 13.6 Å². The zero-order valence-corrected chi connectivity index (χ0v) is 15.6. The van der Waals surface area contributed by atoms with Crippen molar-refractivity contribution < 1.29 is 13.2 Å². The molecular weight excluding hydrogens is 324 g/mol. The van der Waals surface area contributed by atoms with E-state index < -0.39 is 10.0 Å². The topological polar surface area (TPSA) is 89.3 Å². The van der Waals surface area contributed by atoms with Gasteiger partial charge in [0.1, 0.15) is 0 Å². The van der Waals surface area contributed by atoms with Crippen LogP contribution in [0.15, 0.2) is 40.8 Å². The minimum Gasteiger partial charge on any atom is -0.349 e. The molecule has 1 amide bonds. The number of carbonyl (C=O) groups is 1. The number of nitrogens with one attached hydrogen (secondary N) is 1. The molecule has 5 nitrogen and oxygen atoms in total. The zero-order valence-electron chi connectivity index (χ0n) is 14.8. The molecular formula is C18H26N2O3S. The number of carbonyl (C=O) groups excluding carboxylic acids is 1. The molecule has 0 saturated heterocycles. The van der Waals surface area contributed by atoms with Crippen molar-refractivity contribution in [1.29, 1.82) is 0 Å². The Morgan fingerprint density at radius 1 is 1.25 bits per heavy atom. The fraction of sp³-hybridized carbons (Fsp3) is 0.500. The number of allylic oxidation sites excluding steroid dienone is 2. The molecule has 1 aromatic rings. The number of hydrogen-bond donors (Lipinski definition) is 2. The van der Waals surface area contributed by atoms with Crippen LogP contribution >= 0.6 is 0 Å². The fourth-order valence-corrected chi connectivity index (χ4v) is 3.70. The Morgan fingerprint density at radius 3 is 2.25 bits per heavy atom. The van der Waals surface area contributed by atoms with Crippen LogP contribution in [-0.4, -0.2) is 14.3 Å². The highest BCUT2D eigenvalue weighted by Crippen LogP contribution is 2.59. The summed E-state index contributed by atoms with van der Waals surface area (Å²) in [5.41, 5.74) is 2.03. The van der Waals surface area contributed by atoms with Gasteiger partial charge in [-0.1, -0.05) is 37.6 Å².